The fourth-order valence-electron chi connectivity index (χ4n) is 3.92. The molecule has 0 amide bonds. The molecule has 4 heterocycles. The summed E-state index contributed by atoms with van der Waals surface area (Å²) in [7, 11) is -3.66. The average Bonchev–Trinajstić information content (AvgIpc) is 3.39. The van der Waals surface area contributed by atoms with Gasteiger partial charge in [0.1, 0.15) is 5.75 Å². The van der Waals surface area contributed by atoms with Gasteiger partial charge in [-0.15, -0.1) is 0 Å². The van der Waals surface area contributed by atoms with Crippen LogP contribution in [0.25, 0.3) is 11.0 Å². The fourth-order valence-corrected chi connectivity index (χ4v) is 5.34. The number of aromatic nitrogens is 2. The van der Waals surface area contributed by atoms with Gasteiger partial charge in [0.2, 0.25) is 9.84 Å². The number of nitrogens with one attached hydrogen (secondary N) is 2. The standard InChI is InChI=1S/C19H19N3O3S/c23-26(24,14-2-1-12-5-8-25-16(12)9-14)17-4-7-21-18-15(11-22-19(17)18)13-3-6-20-10-13/h1-2,4,7,9,11,13,20,22H,3,5-6,8,10H2. The Bertz CT molecular complexity index is 1100. The highest BCUT2D eigenvalue weighted by atomic mass is 32.2. The maximum atomic E-state index is 13.3. The normalized spacial score (nSPS) is 19.6. The fraction of sp³-hybridized carbons (Fsp3) is 0.316. The van der Waals surface area contributed by atoms with Crippen LogP contribution < -0.4 is 10.1 Å². The highest BCUT2D eigenvalue weighted by Crippen LogP contribution is 2.35. The Labute approximate surface area is 151 Å². The zero-order valence-electron chi connectivity index (χ0n) is 14.2. The predicted molar refractivity (Wildman–Crippen MR) is 97.4 cm³/mol. The van der Waals surface area contributed by atoms with Crippen LogP contribution in [-0.4, -0.2) is 38.1 Å². The number of rotatable bonds is 3. The summed E-state index contributed by atoms with van der Waals surface area (Å²) < 4.78 is 32.1. The van der Waals surface area contributed by atoms with E-state index in [0.717, 1.165) is 42.6 Å². The van der Waals surface area contributed by atoms with Gasteiger partial charge in [0.05, 0.1) is 27.4 Å². The van der Waals surface area contributed by atoms with Crippen molar-refractivity contribution in [2.24, 2.45) is 0 Å². The number of H-pyrrole nitrogens is 1. The van der Waals surface area contributed by atoms with E-state index in [2.05, 4.69) is 15.3 Å². The third-order valence-corrected chi connectivity index (χ3v) is 7.12. The highest BCUT2D eigenvalue weighted by molar-refractivity contribution is 7.91. The molecule has 1 aromatic carbocycles. The summed E-state index contributed by atoms with van der Waals surface area (Å²) >= 11 is 0. The number of hydrogen-bond acceptors (Lipinski definition) is 5. The summed E-state index contributed by atoms with van der Waals surface area (Å²) in [6.45, 7) is 2.48. The quantitative estimate of drug-likeness (QED) is 0.741. The van der Waals surface area contributed by atoms with Crippen molar-refractivity contribution in [2.75, 3.05) is 19.7 Å². The van der Waals surface area contributed by atoms with E-state index in [4.69, 9.17) is 4.74 Å². The van der Waals surface area contributed by atoms with Gasteiger partial charge in [-0.2, -0.15) is 0 Å². The molecule has 1 saturated heterocycles. The largest absolute Gasteiger partial charge is 0.493 e. The van der Waals surface area contributed by atoms with E-state index in [1.807, 2.05) is 12.3 Å². The molecular weight excluding hydrogens is 350 g/mol. The van der Waals surface area contributed by atoms with Gasteiger partial charge in [-0.1, -0.05) is 6.07 Å². The Morgan fingerprint density at radius 3 is 3.00 bits per heavy atom. The van der Waals surface area contributed by atoms with Crippen molar-refractivity contribution >= 4 is 20.9 Å². The van der Waals surface area contributed by atoms with Gasteiger partial charge in [-0.25, -0.2) is 8.42 Å². The van der Waals surface area contributed by atoms with Crippen molar-refractivity contribution in [1.82, 2.24) is 15.3 Å². The van der Waals surface area contributed by atoms with Crippen molar-refractivity contribution in [3.05, 3.63) is 47.8 Å². The van der Waals surface area contributed by atoms with Crippen molar-refractivity contribution in [2.45, 2.75) is 28.6 Å². The van der Waals surface area contributed by atoms with E-state index in [9.17, 15) is 8.42 Å². The van der Waals surface area contributed by atoms with Gasteiger partial charge in [0.15, 0.2) is 0 Å². The molecule has 2 aromatic heterocycles. The third kappa shape index (κ3) is 2.34. The number of pyridine rings is 1. The molecule has 2 aliphatic heterocycles. The van der Waals surface area contributed by atoms with Crippen molar-refractivity contribution < 1.29 is 13.2 Å². The molecule has 0 bridgehead atoms. The third-order valence-electron chi connectivity index (χ3n) is 5.33. The van der Waals surface area contributed by atoms with Crippen molar-refractivity contribution in [1.29, 1.82) is 0 Å². The molecule has 0 spiro atoms. The van der Waals surface area contributed by atoms with Crippen LogP contribution >= 0.6 is 0 Å². The molecule has 1 atom stereocenters. The summed E-state index contributed by atoms with van der Waals surface area (Å²) in [5.74, 6) is 1.03. The topological polar surface area (TPSA) is 84.1 Å². The molecule has 0 radical (unpaired) electrons. The number of ether oxygens (including phenoxy) is 1. The van der Waals surface area contributed by atoms with E-state index in [1.165, 1.54) is 0 Å². The molecule has 1 fully saturated rings. The molecule has 6 nitrogen and oxygen atoms in total. The smallest absolute Gasteiger partial charge is 0.208 e. The van der Waals surface area contributed by atoms with Crippen LogP contribution in [0.3, 0.4) is 0 Å². The van der Waals surface area contributed by atoms with Gasteiger partial charge >= 0.3 is 0 Å². The summed E-state index contributed by atoms with van der Waals surface area (Å²) in [6, 6.07) is 6.71. The van der Waals surface area contributed by atoms with Gasteiger partial charge in [0, 0.05) is 36.8 Å². The summed E-state index contributed by atoms with van der Waals surface area (Å²) in [5.41, 5.74) is 3.46. The van der Waals surface area contributed by atoms with Crippen LogP contribution in [-0.2, 0) is 16.3 Å². The number of aromatic amines is 1. The van der Waals surface area contributed by atoms with Crippen LogP contribution in [0.15, 0.2) is 46.5 Å². The molecule has 7 heteroatoms. The molecule has 2 N–H and O–H groups in total. The molecule has 1 unspecified atom stereocenters. The number of fused-ring (bicyclic) bond motifs is 2. The molecule has 2 aliphatic rings. The minimum atomic E-state index is -3.66. The van der Waals surface area contributed by atoms with Gasteiger partial charge in [-0.05, 0) is 36.7 Å². The SMILES string of the molecule is O=S(=O)(c1ccc2c(c1)OCC2)c1ccnc2c(C3CCNC3)c[nH]c12. The van der Waals surface area contributed by atoms with Crippen molar-refractivity contribution in [3.63, 3.8) is 0 Å². The van der Waals surface area contributed by atoms with Crippen LogP contribution in [0.2, 0.25) is 0 Å². The molecule has 26 heavy (non-hydrogen) atoms. The Morgan fingerprint density at radius 1 is 1.23 bits per heavy atom. The van der Waals surface area contributed by atoms with E-state index in [1.54, 1.807) is 24.4 Å². The van der Waals surface area contributed by atoms with Crippen LogP contribution in [0, 0.1) is 0 Å². The molecule has 3 aromatic rings. The summed E-state index contributed by atoms with van der Waals surface area (Å²) in [6.07, 6.45) is 5.34. The Morgan fingerprint density at radius 2 is 2.15 bits per heavy atom. The minimum absolute atomic E-state index is 0.254. The summed E-state index contributed by atoms with van der Waals surface area (Å²) in [5, 5.41) is 3.35. The Balaban J connectivity index is 1.64. The van der Waals surface area contributed by atoms with Crippen LogP contribution in [0.5, 0.6) is 5.75 Å². The highest BCUT2D eigenvalue weighted by Gasteiger charge is 2.27. The lowest BCUT2D eigenvalue weighted by Gasteiger charge is -2.09. The maximum Gasteiger partial charge on any atom is 0.208 e. The second kappa shape index (κ2) is 5.82. The Kier molecular flexibility index (Phi) is 3.55. The van der Waals surface area contributed by atoms with Gasteiger partial charge < -0.3 is 15.0 Å². The maximum absolute atomic E-state index is 13.3. The van der Waals surface area contributed by atoms with E-state index < -0.39 is 9.84 Å². The first-order chi connectivity index (χ1) is 12.6. The van der Waals surface area contributed by atoms with Gasteiger partial charge in [0.25, 0.3) is 0 Å². The number of nitrogens with zero attached hydrogens (tertiary/aromatic N) is 1. The van der Waals surface area contributed by atoms with E-state index in [0.29, 0.717) is 23.8 Å². The lowest BCUT2D eigenvalue weighted by molar-refractivity contribution is 0.356. The molecular formula is C19H19N3O3S. The Hall–Kier alpha value is -2.38. The first-order valence-corrected chi connectivity index (χ1v) is 10.3. The first-order valence-electron chi connectivity index (χ1n) is 8.82. The second-order valence-electron chi connectivity index (χ2n) is 6.84. The monoisotopic (exact) mass is 369 g/mol. The van der Waals surface area contributed by atoms with Crippen LogP contribution in [0.4, 0.5) is 0 Å². The molecule has 5 rings (SSSR count). The average molecular weight is 369 g/mol. The molecule has 0 saturated carbocycles. The lowest BCUT2D eigenvalue weighted by atomic mass is 10.0. The lowest BCUT2D eigenvalue weighted by Crippen LogP contribution is -2.08. The second-order valence-corrected chi connectivity index (χ2v) is 8.76. The van der Waals surface area contributed by atoms with E-state index >= 15 is 0 Å². The zero-order chi connectivity index (χ0) is 17.7. The molecule has 134 valence electrons. The minimum Gasteiger partial charge on any atom is -0.493 e. The van der Waals surface area contributed by atoms with E-state index in [-0.39, 0.29) is 9.79 Å². The zero-order valence-corrected chi connectivity index (χ0v) is 15.0. The van der Waals surface area contributed by atoms with Crippen LogP contribution in [0.1, 0.15) is 23.5 Å². The number of sulfone groups is 1. The van der Waals surface area contributed by atoms with Crippen molar-refractivity contribution in [3.8, 4) is 5.75 Å². The summed E-state index contributed by atoms with van der Waals surface area (Å²) in [4.78, 5) is 8.14. The predicted octanol–water partition coefficient (Wildman–Crippen LogP) is 2.41. The number of hydrogen-bond donors (Lipinski definition) is 2. The first kappa shape index (κ1) is 15.8. The van der Waals surface area contributed by atoms with Gasteiger partial charge in [-0.3, -0.25) is 4.98 Å². The number of benzene rings is 1. The molecule has 0 aliphatic carbocycles.